The fourth-order valence-electron chi connectivity index (χ4n) is 2.54. The van der Waals surface area contributed by atoms with Crippen LogP contribution in [0.25, 0.3) is 0 Å². The van der Waals surface area contributed by atoms with E-state index in [1.165, 1.54) is 0 Å². The number of nitrogens with one attached hydrogen (secondary N) is 2. The van der Waals surface area contributed by atoms with Gasteiger partial charge < -0.3 is 10.6 Å². The number of carbonyl (C=O) groups excluding carboxylic acids is 1. The van der Waals surface area contributed by atoms with E-state index >= 15 is 0 Å². The molecule has 0 bridgehead atoms. The first-order valence-electron chi connectivity index (χ1n) is 7.78. The van der Waals surface area contributed by atoms with Crippen molar-refractivity contribution >= 4 is 11.7 Å². The number of nitrogens with zero attached hydrogens (tertiary/aromatic N) is 1. The Bertz CT molecular complexity index is 672. The topological polar surface area (TPSA) is 54.0 Å². The Morgan fingerprint density at radius 2 is 2.29 bits per heavy atom. The van der Waals surface area contributed by atoms with Gasteiger partial charge in [-0.05, 0) is 25.8 Å². The summed E-state index contributed by atoms with van der Waals surface area (Å²) in [6.45, 7) is 3.48. The maximum Gasteiger partial charge on any atom is 0.256 e. The molecule has 0 aromatic carbocycles. The molecular weight excluding hydrogens is 319 g/mol. The van der Waals surface area contributed by atoms with Crippen LogP contribution in [0.3, 0.4) is 0 Å². The van der Waals surface area contributed by atoms with Gasteiger partial charge in [-0.1, -0.05) is 12.8 Å². The molecule has 2 atom stereocenters. The van der Waals surface area contributed by atoms with Gasteiger partial charge in [-0.2, -0.15) is 0 Å². The van der Waals surface area contributed by atoms with E-state index in [0.717, 1.165) is 12.3 Å². The van der Waals surface area contributed by atoms with Crippen LogP contribution in [0, 0.1) is 18.2 Å². The second kappa shape index (κ2) is 6.71. The molecule has 1 heterocycles. The van der Waals surface area contributed by atoms with Gasteiger partial charge in [0.05, 0.1) is 17.3 Å². The summed E-state index contributed by atoms with van der Waals surface area (Å²) in [6.07, 6.45) is 6.53. The Morgan fingerprint density at radius 1 is 1.58 bits per heavy atom. The molecule has 1 aliphatic carbocycles. The summed E-state index contributed by atoms with van der Waals surface area (Å²) < 4.78 is 40.1. The number of carbonyl (C=O) groups is 1. The smallest absolute Gasteiger partial charge is 0.256 e. The average molecular weight is 339 g/mol. The summed E-state index contributed by atoms with van der Waals surface area (Å²) in [5.41, 5.74) is -0.943. The molecule has 24 heavy (non-hydrogen) atoms. The highest BCUT2D eigenvalue weighted by Crippen LogP contribution is 2.36. The standard InChI is InChI=1S/C17H20F3N3O/c1-4-16(3,5-2)23-15(24)13-8-11(18)10-21-14(13)22-12-6-7-17(19,20)9-12/h1,8,10,12H,5-7,9H2,2-3H3,(H,21,22)(H,23,24)/t12?,16-/m0/s1. The summed E-state index contributed by atoms with van der Waals surface area (Å²) in [7, 11) is 0. The molecule has 2 rings (SSSR count). The van der Waals surface area contributed by atoms with Crippen LogP contribution in [0.15, 0.2) is 12.3 Å². The zero-order chi connectivity index (χ0) is 18.0. The van der Waals surface area contributed by atoms with Gasteiger partial charge in [0.15, 0.2) is 0 Å². The van der Waals surface area contributed by atoms with E-state index < -0.39 is 29.2 Å². The molecule has 2 N–H and O–H groups in total. The number of aromatic nitrogens is 1. The highest BCUT2D eigenvalue weighted by Gasteiger charge is 2.40. The molecule has 130 valence electrons. The van der Waals surface area contributed by atoms with E-state index in [1.54, 1.807) is 6.92 Å². The summed E-state index contributed by atoms with van der Waals surface area (Å²) >= 11 is 0. The maximum absolute atomic E-state index is 13.5. The van der Waals surface area contributed by atoms with Gasteiger partial charge in [0.2, 0.25) is 5.92 Å². The molecule has 0 aliphatic heterocycles. The van der Waals surface area contributed by atoms with Crippen molar-refractivity contribution in [2.45, 2.75) is 57.0 Å². The molecule has 1 unspecified atom stereocenters. The van der Waals surface area contributed by atoms with E-state index in [1.807, 2.05) is 6.92 Å². The molecule has 1 aromatic rings. The first-order chi connectivity index (χ1) is 11.2. The molecule has 0 saturated heterocycles. The van der Waals surface area contributed by atoms with Crippen LogP contribution in [-0.4, -0.2) is 28.4 Å². The lowest BCUT2D eigenvalue weighted by molar-refractivity contribution is 0.00851. The Hall–Kier alpha value is -2.23. The Balaban J connectivity index is 2.22. The summed E-state index contributed by atoms with van der Waals surface area (Å²) in [6, 6.07) is 0.499. The van der Waals surface area contributed by atoms with Crippen LogP contribution in [-0.2, 0) is 0 Å². The highest BCUT2D eigenvalue weighted by atomic mass is 19.3. The van der Waals surface area contributed by atoms with Crippen molar-refractivity contribution in [1.29, 1.82) is 0 Å². The van der Waals surface area contributed by atoms with Gasteiger partial charge >= 0.3 is 0 Å². The quantitative estimate of drug-likeness (QED) is 0.809. The number of hydrogen-bond acceptors (Lipinski definition) is 3. The number of terminal acetylenes is 1. The minimum atomic E-state index is -2.73. The summed E-state index contributed by atoms with van der Waals surface area (Å²) in [5.74, 6) is -1.47. The Morgan fingerprint density at radius 3 is 2.83 bits per heavy atom. The third-order valence-corrected chi connectivity index (χ3v) is 4.26. The van der Waals surface area contributed by atoms with Crippen molar-refractivity contribution in [2.75, 3.05) is 5.32 Å². The predicted octanol–water partition coefficient (Wildman–Crippen LogP) is 3.35. The number of rotatable bonds is 5. The fourth-order valence-corrected chi connectivity index (χ4v) is 2.54. The lowest BCUT2D eigenvalue weighted by atomic mass is 9.99. The van der Waals surface area contributed by atoms with E-state index in [0.29, 0.717) is 6.42 Å². The van der Waals surface area contributed by atoms with Gasteiger partial charge in [-0.3, -0.25) is 4.79 Å². The zero-order valence-electron chi connectivity index (χ0n) is 13.6. The van der Waals surface area contributed by atoms with Crippen molar-refractivity contribution in [3.8, 4) is 12.3 Å². The SMILES string of the molecule is C#C[C@@](C)(CC)NC(=O)c1cc(F)cnc1NC1CCC(F)(F)C1. The van der Waals surface area contributed by atoms with Gasteiger partial charge in [0, 0.05) is 18.9 Å². The Kier molecular flexibility index (Phi) is 5.07. The fraction of sp³-hybridized carbons (Fsp3) is 0.529. The number of alkyl halides is 2. The summed E-state index contributed by atoms with van der Waals surface area (Å²) in [4.78, 5) is 16.3. The van der Waals surface area contributed by atoms with Crippen molar-refractivity contribution in [1.82, 2.24) is 10.3 Å². The molecule has 0 spiro atoms. The van der Waals surface area contributed by atoms with E-state index in [-0.39, 0.29) is 30.6 Å². The minimum Gasteiger partial charge on any atom is -0.366 e. The number of amides is 1. The van der Waals surface area contributed by atoms with Crippen LogP contribution in [0.1, 0.15) is 49.9 Å². The second-order valence-electron chi connectivity index (χ2n) is 6.27. The van der Waals surface area contributed by atoms with Gasteiger partial charge in [0.1, 0.15) is 11.6 Å². The molecule has 0 radical (unpaired) electrons. The van der Waals surface area contributed by atoms with Crippen LogP contribution in [0.5, 0.6) is 0 Å². The van der Waals surface area contributed by atoms with Crippen LogP contribution in [0.2, 0.25) is 0 Å². The molecule has 1 amide bonds. The normalized spacial score (nSPS) is 21.6. The number of hydrogen-bond donors (Lipinski definition) is 2. The Labute approximate surface area is 139 Å². The van der Waals surface area contributed by atoms with Crippen LogP contribution in [0.4, 0.5) is 19.0 Å². The van der Waals surface area contributed by atoms with Crippen molar-refractivity contribution in [3.63, 3.8) is 0 Å². The largest absolute Gasteiger partial charge is 0.366 e. The average Bonchev–Trinajstić information content (AvgIpc) is 2.87. The molecule has 1 aliphatic rings. The third kappa shape index (κ3) is 4.19. The first-order valence-corrected chi connectivity index (χ1v) is 7.78. The van der Waals surface area contributed by atoms with Crippen LogP contribution >= 0.6 is 0 Å². The maximum atomic E-state index is 13.5. The lowest BCUT2D eigenvalue weighted by Crippen LogP contribution is -2.44. The monoisotopic (exact) mass is 339 g/mol. The molecular formula is C17H20F3N3O. The van der Waals surface area contributed by atoms with Crippen molar-refractivity contribution in [2.24, 2.45) is 0 Å². The van der Waals surface area contributed by atoms with Gasteiger partial charge in [-0.15, -0.1) is 6.42 Å². The van der Waals surface area contributed by atoms with Crippen LogP contribution < -0.4 is 10.6 Å². The van der Waals surface area contributed by atoms with Gasteiger partial charge in [0.25, 0.3) is 5.91 Å². The second-order valence-corrected chi connectivity index (χ2v) is 6.27. The van der Waals surface area contributed by atoms with Crippen molar-refractivity contribution in [3.05, 3.63) is 23.6 Å². The van der Waals surface area contributed by atoms with Crippen molar-refractivity contribution < 1.29 is 18.0 Å². The van der Waals surface area contributed by atoms with E-state index in [2.05, 4.69) is 21.5 Å². The number of pyridine rings is 1. The zero-order valence-corrected chi connectivity index (χ0v) is 13.6. The molecule has 1 aromatic heterocycles. The van der Waals surface area contributed by atoms with E-state index in [9.17, 15) is 18.0 Å². The lowest BCUT2D eigenvalue weighted by Gasteiger charge is -2.24. The third-order valence-electron chi connectivity index (χ3n) is 4.26. The van der Waals surface area contributed by atoms with E-state index in [4.69, 9.17) is 6.42 Å². The molecule has 4 nitrogen and oxygen atoms in total. The predicted molar refractivity (Wildman–Crippen MR) is 85.4 cm³/mol. The minimum absolute atomic E-state index is 0.0554. The molecule has 1 saturated carbocycles. The molecule has 1 fully saturated rings. The molecule has 7 heteroatoms. The van der Waals surface area contributed by atoms with Gasteiger partial charge in [-0.25, -0.2) is 18.2 Å². The first kappa shape index (κ1) is 18.1. The number of anilines is 1. The summed E-state index contributed by atoms with van der Waals surface area (Å²) in [5, 5.41) is 5.47. The highest BCUT2D eigenvalue weighted by molar-refractivity contribution is 5.99. The number of halogens is 3.